The lowest BCUT2D eigenvalue weighted by molar-refractivity contribution is -0.117. The lowest BCUT2D eigenvalue weighted by Crippen LogP contribution is -2.26. The SMILES string of the molecule is O=C1CC(S(=O)(=O)Cl)CN1c1nnc(C2CCCCC2)s1. The van der Waals surface area contributed by atoms with Gasteiger partial charge >= 0.3 is 0 Å². The maximum atomic E-state index is 12.0. The van der Waals surface area contributed by atoms with Gasteiger partial charge in [-0.2, -0.15) is 0 Å². The number of nitrogens with zero attached hydrogens (tertiary/aromatic N) is 3. The van der Waals surface area contributed by atoms with Gasteiger partial charge < -0.3 is 0 Å². The molecule has 0 bridgehead atoms. The zero-order chi connectivity index (χ0) is 15.0. The van der Waals surface area contributed by atoms with E-state index in [9.17, 15) is 13.2 Å². The van der Waals surface area contributed by atoms with Crippen LogP contribution in [0, 0.1) is 0 Å². The van der Waals surface area contributed by atoms with Gasteiger partial charge in [0.1, 0.15) is 10.3 Å². The molecule has 1 unspecified atom stereocenters. The maximum absolute atomic E-state index is 12.0. The van der Waals surface area contributed by atoms with Crippen LogP contribution in [0.4, 0.5) is 5.13 Å². The van der Waals surface area contributed by atoms with E-state index in [1.807, 2.05) is 0 Å². The van der Waals surface area contributed by atoms with Crippen molar-refractivity contribution in [3.63, 3.8) is 0 Å². The highest BCUT2D eigenvalue weighted by molar-refractivity contribution is 8.14. The highest BCUT2D eigenvalue weighted by Gasteiger charge is 2.39. The average molecular weight is 350 g/mol. The highest BCUT2D eigenvalue weighted by atomic mass is 35.7. The van der Waals surface area contributed by atoms with Crippen molar-refractivity contribution < 1.29 is 13.2 Å². The Morgan fingerprint density at radius 2 is 1.90 bits per heavy atom. The summed E-state index contributed by atoms with van der Waals surface area (Å²) in [6.45, 7) is 0.0734. The molecule has 2 heterocycles. The third-order valence-electron chi connectivity index (χ3n) is 4.10. The summed E-state index contributed by atoms with van der Waals surface area (Å²) in [6, 6.07) is 0. The second-order valence-corrected chi connectivity index (χ2v) is 9.46. The number of hydrogen-bond donors (Lipinski definition) is 0. The van der Waals surface area contributed by atoms with Crippen LogP contribution in [-0.4, -0.2) is 36.3 Å². The molecule has 1 aromatic rings. The Hall–Kier alpha value is -0.730. The molecular weight excluding hydrogens is 334 g/mol. The number of carbonyl (C=O) groups is 1. The molecule has 1 aromatic heterocycles. The van der Waals surface area contributed by atoms with E-state index in [1.54, 1.807) is 0 Å². The summed E-state index contributed by atoms with van der Waals surface area (Å²) in [4.78, 5) is 13.4. The smallest absolute Gasteiger partial charge is 0.237 e. The summed E-state index contributed by atoms with van der Waals surface area (Å²) in [5.41, 5.74) is 0. The third-order valence-corrected chi connectivity index (χ3v) is 7.08. The predicted octanol–water partition coefficient (Wildman–Crippen LogP) is 2.26. The first-order valence-electron chi connectivity index (χ1n) is 7.02. The lowest BCUT2D eigenvalue weighted by Gasteiger charge is -2.18. The number of aromatic nitrogens is 2. The minimum absolute atomic E-state index is 0.0734. The fourth-order valence-corrected chi connectivity index (χ4v) is 4.96. The molecule has 0 N–H and O–H groups in total. The van der Waals surface area contributed by atoms with Crippen molar-refractivity contribution >= 4 is 42.1 Å². The second kappa shape index (κ2) is 5.81. The van der Waals surface area contributed by atoms with E-state index in [1.165, 1.54) is 35.5 Å². The number of carbonyl (C=O) groups excluding carboxylic acids is 1. The number of hydrogen-bond acceptors (Lipinski definition) is 6. The van der Waals surface area contributed by atoms with Gasteiger partial charge in [0.15, 0.2) is 0 Å². The summed E-state index contributed by atoms with van der Waals surface area (Å²) in [5, 5.41) is 8.86. The molecule has 0 spiro atoms. The van der Waals surface area contributed by atoms with Gasteiger partial charge in [0, 0.05) is 29.6 Å². The van der Waals surface area contributed by atoms with Crippen LogP contribution in [0.5, 0.6) is 0 Å². The molecule has 1 atom stereocenters. The molecule has 2 fully saturated rings. The number of rotatable bonds is 3. The Labute approximate surface area is 131 Å². The first kappa shape index (κ1) is 15.2. The molecule has 1 saturated heterocycles. The number of amides is 1. The van der Waals surface area contributed by atoms with Crippen molar-refractivity contribution in [2.45, 2.75) is 49.7 Å². The zero-order valence-electron chi connectivity index (χ0n) is 11.4. The van der Waals surface area contributed by atoms with Gasteiger partial charge in [-0.3, -0.25) is 9.69 Å². The minimum Gasteiger partial charge on any atom is -0.285 e. The fourth-order valence-electron chi connectivity index (χ4n) is 2.90. The van der Waals surface area contributed by atoms with E-state index >= 15 is 0 Å². The molecule has 0 radical (unpaired) electrons. The summed E-state index contributed by atoms with van der Waals surface area (Å²) in [6.07, 6.45) is 5.82. The van der Waals surface area contributed by atoms with E-state index in [0.29, 0.717) is 11.0 Å². The van der Waals surface area contributed by atoms with Crippen LogP contribution in [0.1, 0.15) is 49.5 Å². The molecule has 21 heavy (non-hydrogen) atoms. The van der Waals surface area contributed by atoms with Crippen molar-refractivity contribution in [1.29, 1.82) is 0 Å². The molecule has 1 aliphatic heterocycles. The van der Waals surface area contributed by atoms with Crippen molar-refractivity contribution in [3.8, 4) is 0 Å². The van der Waals surface area contributed by atoms with Gasteiger partial charge in [-0.15, -0.1) is 10.2 Å². The molecular formula is C12H16ClN3O3S2. The van der Waals surface area contributed by atoms with Crippen molar-refractivity contribution in [1.82, 2.24) is 10.2 Å². The van der Waals surface area contributed by atoms with Crippen molar-refractivity contribution in [3.05, 3.63) is 5.01 Å². The fraction of sp³-hybridized carbons (Fsp3) is 0.750. The largest absolute Gasteiger partial charge is 0.285 e. The quantitative estimate of drug-likeness (QED) is 0.782. The molecule has 1 saturated carbocycles. The Morgan fingerprint density at radius 1 is 1.19 bits per heavy atom. The summed E-state index contributed by atoms with van der Waals surface area (Å²) in [5.74, 6) is 0.172. The Bertz CT molecular complexity index is 640. The van der Waals surface area contributed by atoms with Gasteiger partial charge in [0.25, 0.3) is 0 Å². The van der Waals surface area contributed by atoms with Crippen LogP contribution in [0.3, 0.4) is 0 Å². The van der Waals surface area contributed by atoms with E-state index in [4.69, 9.17) is 10.7 Å². The van der Waals surface area contributed by atoms with Crippen LogP contribution in [-0.2, 0) is 13.8 Å². The Balaban J connectivity index is 1.75. The van der Waals surface area contributed by atoms with Crippen LogP contribution in [0.25, 0.3) is 0 Å². The monoisotopic (exact) mass is 349 g/mol. The van der Waals surface area contributed by atoms with Crippen molar-refractivity contribution in [2.75, 3.05) is 11.4 Å². The molecule has 2 aliphatic rings. The molecule has 1 aliphatic carbocycles. The van der Waals surface area contributed by atoms with Crippen molar-refractivity contribution in [2.24, 2.45) is 0 Å². The highest BCUT2D eigenvalue weighted by Crippen LogP contribution is 2.37. The molecule has 9 heteroatoms. The summed E-state index contributed by atoms with van der Waals surface area (Å²) >= 11 is 1.40. The topological polar surface area (TPSA) is 80.2 Å². The Morgan fingerprint density at radius 3 is 2.52 bits per heavy atom. The first-order chi connectivity index (χ1) is 9.95. The van der Waals surface area contributed by atoms with E-state index in [-0.39, 0.29) is 18.9 Å². The molecule has 1 amide bonds. The summed E-state index contributed by atoms with van der Waals surface area (Å²) in [7, 11) is 1.62. The van der Waals surface area contributed by atoms with E-state index in [2.05, 4.69) is 10.2 Å². The van der Waals surface area contributed by atoms with E-state index < -0.39 is 14.3 Å². The zero-order valence-corrected chi connectivity index (χ0v) is 13.8. The summed E-state index contributed by atoms with van der Waals surface area (Å²) < 4.78 is 22.7. The van der Waals surface area contributed by atoms with Gasteiger partial charge in [0.2, 0.25) is 20.1 Å². The van der Waals surface area contributed by atoms with Crippen LogP contribution < -0.4 is 4.90 Å². The van der Waals surface area contributed by atoms with Gasteiger partial charge in [0.05, 0.1) is 0 Å². The third kappa shape index (κ3) is 3.22. The average Bonchev–Trinajstić information content (AvgIpc) is 3.05. The van der Waals surface area contributed by atoms with Gasteiger partial charge in [-0.05, 0) is 12.8 Å². The molecule has 6 nitrogen and oxygen atoms in total. The Kier molecular flexibility index (Phi) is 4.20. The first-order valence-corrected chi connectivity index (χ1v) is 10.2. The normalized spacial score (nSPS) is 24.7. The second-order valence-electron chi connectivity index (χ2n) is 5.56. The predicted molar refractivity (Wildman–Crippen MR) is 81.3 cm³/mol. The van der Waals surface area contributed by atoms with E-state index in [0.717, 1.165) is 17.8 Å². The van der Waals surface area contributed by atoms with Gasteiger partial charge in [-0.1, -0.05) is 30.6 Å². The standard InChI is InChI=1S/C12H16ClN3O3S2/c13-21(18,19)9-6-10(17)16(7-9)12-15-14-11(20-12)8-4-2-1-3-5-8/h8-9H,1-7H2. The molecule has 116 valence electrons. The maximum Gasteiger partial charge on any atom is 0.237 e. The molecule has 0 aromatic carbocycles. The van der Waals surface area contributed by atoms with Gasteiger partial charge in [-0.25, -0.2) is 8.42 Å². The van der Waals surface area contributed by atoms with Crippen LogP contribution in [0.15, 0.2) is 0 Å². The van der Waals surface area contributed by atoms with Crippen LogP contribution in [0.2, 0.25) is 0 Å². The lowest BCUT2D eigenvalue weighted by atomic mass is 9.90. The van der Waals surface area contributed by atoms with Crippen LogP contribution >= 0.6 is 22.0 Å². The molecule has 3 rings (SSSR count). The number of anilines is 1. The number of halogens is 1. The minimum atomic E-state index is -3.72.